The van der Waals surface area contributed by atoms with Crippen molar-refractivity contribution >= 4 is 35.2 Å². The number of hydrogen-bond acceptors (Lipinski definition) is 5. The Labute approximate surface area is 168 Å². The average Bonchev–Trinajstić information content (AvgIpc) is 2.68. The van der Waals surface area contributed by atoms with Crippen LogP contribution in [0.25, 0.3) is 6.08 Å². The van der Waals surface area contributed by atoms with Gasteiger partial charge in [0.1, 0.15) is 17.4 Å². The van der Waals surface area contributed by atoms with Gasteiger partial charge in [-0.3, -0.25) is 4.79 Å². The molecule has 0 radical (unpaired) electrons. The van der Waals surface area contributed by atoms with Gasteiger partial charge in [0.2, 0.25) is 0 Å². The number of carbonyl (C=O) groups is 2. The summed E-state index contributed by atoms with van der Waals surface area (Å²) in [5.74, 6) is -0.728. The summed E-state index contributed by atoms with van der Waals surface area (Å²) >= 11 is 6.00. The predicted octanol–water partition coefficient (Wildman–Crippen LogP) is 4.14. The fourth-order valence-corrected chi connectivity index (χ4v) is 2.39. The van der Waals surface area contributed by atoms with Crippen molar-refractivity contribution in [2.45, 2.75) is 13.8 Å². The Balaban J connectivity index is 1.94. The molecule has 0 aromatic heterocycles. The number of rotatable bonds is 7. The number of aryl methyl sites for hydroxylation is 1. The van der Waals surface area contributed by atoms with Crippen molar-refractivity contribution in [3.63, 3.8) is 0 Å². The fraction of sp³-hybridized carbons (Fsp3) is 0.190. The quantitative estimate of drug-likeness (QED) is 0.430. The van der Waals surface area contributed by atoms with E-state index in [0.29, 0.717) is 28.6 Å². The van der Waals surface area contributed by atoms with Crippen molar-refractivity contribution in [2.24, 2.45) is 0 Å². The molecule has 1 amide bonds. The molecule has 0 spiro atoms. The molecule has 0 bridgehead atoms. The van der Waals surface area contributed by atoms with Gasteiger partial charge in [-0.05, 0) is 55.3 Å². The van der Waals surface area contributed by atoms with Crippen molar-refractivity contribution < 1.29 is 19.1 Å². The Hall–Kier alpha value is -3.30. The van der Waals surface area contributed by atoms with E-state index in [1.54, 1.807) is 48.5 Å². The number of nitrogens with one attached hydrogen (secondary N) is 1. The Morgan fingerprint density at radius 3 is 2.54 bits per heavy atom. The van der Waals surface area contributed by atoms with Crippen LogP contribution in [-0.2, 0) is 14.3 Å². The van der Waals surface area contributed by atoms with Crippen molar-refractivity contribution in [3.8, 4) is 11.8 Å². The summed E-state index contributed by atoms with van der Waals surface area (Å²) in [4.78, 5) is 24.0. The van der Waals surface area contributed by atoms with Gasteiger partial charge in [-0.2, -0.15) is 5.26 Å². The first-order chi connectivity index (χ1) is 13.4. The predicted molar refractivity (Wildman–Crippen MR) is 107 cm³/mol. The largest absolute Gasteiger partial charge is 0.494 e. The van der Waals surface area contributed by atoms with Crippen LogP contribution in [0.1, 0.15) is 18.1 Å². The third-order valence-electron chi connectivity index (χ3n) is 3.63. The molecule has 0 aliphatic heterocycles. The molecule has 0 atom stereocenters. The molecule has 1 N–H and O–H groups in total. The first kappa shape index (κ1) is 21.0. The molecule has 7 heteroatoms. The summed E-state index contributed by atoms with van der Waals surface area (Å²) < 4.78 is 10.3. The molecule has 2 rings (SSSR count). The highest BCUT2D eigenvalue weighted by atomic mass is 35.5. The van der Waals surface area contributed by atoms with Crippen LogP contribution in [-0.4, -0.2) is 25.1 Å². The molecule has 28 heavy (non-hydrogen) atoms. The van der Waals surface area contributed by atoms with E-state index in [1.807, 2.05) is 13.8 Å². The normalized spacial score (nSPS) is 10.7. The maximum absolute atomic E-state index is 12.1. The highest BCUT2D eigenvalue weighted by Crippen LogP contribution is 2.20. The molecule has 2 aromatic rings. The highest BCUT2D eigenvalue weighted by Gasteiger charge is 2.13. The number of halogens is 1. The number of amides is 1. The second kappa shape index (κ2) is 10.1. The highest BCUT2D eigenvalue weighted by molar-refractivity contribution is 6.31. The third kappa shape index (κ3) is 6.15. The lowest BCUT2D eigenvalue weighted by Gasteiger charge is -2.07. The molecule has 0 fully saturated rings. The number of benzene rings is 2. The molecule has 0 aliphatic carbocycles. The molecule has 0 aliphatic rings. The summed E-state index contributed by atoms with van der Waals surface area (Å²) in [7, 11) is 0. The van der Waals surface area contributed by atoms with Gasteiger partial charge < -0.3 is 14.8 Å². The maximum Gasteiger partial charge on any atom is 0.349 e. The van der Waals surface area contributed by atoms with Crippen molar-refractivity contribution in [3.05, 3.63) is 64.2 Å². The number of nitrogens with zero attached hydrogens (tertiary/aromatic N) is 1. The van der Waals surface area contributed by atoms with E-state index in [-0.39, 0.29) is 5.57 Å². The number of ether oxygens (including phenoxy) is 2. The summed E-state index contributed by atoms with van der Waals surface area (Å²) in [5, 5.41) is 12.3. The lowest BCUT2D eigenvalue weighted by molar-refractivity contribution is -0.142. The van der Waals surface area contributed by atoms with Gasteiger partial charge in [0, 0.05) is 10.7 Å². The van der Waals surface area contributed by atoms with E-state index in [9.17, 15) is 14.9 Å². The standard InChI is InChI=1S/C21H19ClN2O4/c1-3-27-18-8-5-15(6-9-18)10-16(12-23)21(26)28-13-20(25)24-17-7-4-14(2)19(22)11-17/h4-11H,3,13H2,1-2H3,(H,24,25)/b16-10+. The Kier molecular flexibility index (Phi) is 7.61. The van der Waals surface area contributed by atoms with E-state index in [4.69, 9.17) is 21.1 Å². The van der Waals surface area contributed by atoms with Gasteiger partial charge >= 0.3 is 5.97 Å². The third-order valence-corrected chi connectivity index (χ3v) is 4.04. The van der Waals surface area contributed by atoms with Gasteiger partial charge in [-0.1, -0.05) is 29.8 Å². The number of hydrogen-bond donors (Lipinski definition) is 1. The van der Waals surface area contributed by atoms with Gasteiger partial charge in [-0.25, -0.2) is 4.79 Å². The molecule has 0 unspecified atom stereocenters. The minimum absolute atomic E-state index is 0.213. The number of nitriles is 1. The molecule has 0 saturated carbocycles. The smallest absolute Gasteiger partial charge is 0.349 e. The van der Waals surface area contributed by atoms with Crippen LogP contribution in [0, 0.1) is 18.3 Å². The average molecular weight is 399 g/mol. The van der Waals surface area contributed by atoms with E-state index in [1.165, 1.54) is 6.08 Å². The number of carbonyl (C=O) groups excluding carboxylic acids is 2. The SMILES string of the molecule is CCOc1ccc(/C=C(\C#N)C(=O)OCC(=O)Nc2ccc(C)c(Cl)c2)cc1. The van der Waals surface area contributed by atoms with E-state index >= 15 is 0 Å². The van der Waals surface area contributed by atoms with Gasteiger partial charge in [0.15, 0.2) is 6.61 Å². The zero-order valence-electron chi connectivity index (χ0n) is 15.5. The zero-order chi connectivity index (χ0) is 20.5. The minimum Gasteiger partial charge on any atom is -0.494 e. The molecular weight excluding hydrogens is 380 g/mol. The molecule has 2 aromatic carbocycles. The van der Waals surface area contributed by atoms with Crippen LogP contribution in [0.15, 0.2) is 48.0 Å². The van der Waals surface area contributed by atoms with Crippen molar-refractivity contribution in [1.29, 1.82) is 5.26 Å². The first-order valence-corrected chi connectivity index (χ1v) is 8.88. The first-order valence-electron chi connectivity index (χ1n) is 8.50. The molecule has 0 heterocycles. The van der Waals surface area contributed by atoms with Crippen LogP contribution >= 0.6 is 11.6 Å². The Morgan fingerprint density at radius 2 is 1.93 bits per heavy atom. The zero-order valence-corrected chi connectivity index (χ0v) is 16.2. The Morgan fingerprint density at radius 1 is 1.21 bits per heavy atom. The monoisotopic (exact) mass is 398 g/mol. The lowest BCUT2D eigenvalue weighted by atomic mass is 10.1. The number of esters is 1. The topological polar surface area (TPSA) is 88.4 Å². The van der Waals surface area contributed by atoms with Crippen molar-refractivity contribution in [2.75, 3.05) is 18.5 Å². The lowest BCUT2D eigenvalue weighted by Crippen LogP contribution is -2.21. The van der Waals surface area contributed by atoms with Crippen LogP contribution in [0.2, 0.25) is 5.02 Å². The van der Waals surface area contributed by atoms with Crippen LogP contribution < -0.4 is 10.1 Å². The van der Waals surface area contributed by atoms with Crippen LogP contribution in [0.3, 0.4) is 0 Å². The fourth-order valence-electron chi connectivity index (χ4n) is 2.21. The second-order valence-corrected chi connectivity index (χ2v) is 6.17. The Bertz CT molecular complexity index is 930. The van der Waals surface area contributed by atoms with Crippen molar-refractivity contribution in [1.82, 2.24) is 0 Å². The second-order valence-electron chi connectivity index (χ2n) is 5.76. The minimum atomic E-state index is -0.881. The van der Waals surface area contributed by atoms with Gasteiger partial charge in [-0.15, -0.1) is 0 Å². The molecule has 6 nitrogen and oxygen atoms in total. The maximum atomic E-state index is 12.1. The van der Waals surface area contributed by atoms with Crippen LogP contribution in [0.4, 0.5) is 5.69 Å². The summed E-state index contributed by atoms with van der Waals surface area (Å²) in [5.41, 5.74) is 1.79. The van der Waals surface area contributed by atoms with Gasteiger partial charge in [0.25, 0.3) is 5.91 Å². The van der Waals surface area contributed by atoms with E-state index in [2.05, 4.69) is 5.32 Å². The van der Waals surface area contributed by atoms with E-state index < -0.39 is 18.5 Å². The van der Waals surface area contributed by atoms with E-state index in [0.717, 1.165) is 5.56 Å². The molecule has 0 saturated heterocycles. The summed E-state index contributed by atoms with van der Waals surface area (Å²) in [6.07, 6.45) is 1.38. The molecule has 144 valence electrons. The summed E-state index contributed by atoms with van der Waals surface area (Å²) in [6.45, 7) is 3.74. The number of anilines is 1. The van der Waals surface area contributed by atoms with Gasteiger partial charge in [0.05, 0.1) is 6.61 Å². The molecular formula is C21H19ClN2O4. The summed E-state index contributed by atoms with van der Waals surface area (Å²) in [6, 6.07) is 13.7. The van der Waals surface area contributed by atoms with Crippen LogP contribution in [0.5, 0.6) is 5.75 Å².